The average molecular weight is 474 g/mol. The van der Waals surface area contributed by atoms with Crippen LogP contribution >= 0.6 is 23.2 Å². The summed E-state index contributed by atoms with van der Waals surface area (Å²) in [5, 5.41) is 0.480. The fraction of sp³-hybridized carbons (Fsp3) is 0.500. The molecule has 1 saturated heterocycles. The number of morpholine rings is 1. The molecule has 1 aromatic carbocycles. The zero-order chi connectivity index (χ0) is 21.9. The minimum absolute atomic E-state index is 0.0245. The number of benzene rings is 1. The standard InChI is InChI=1S/C20H25Cl2N3O4S/c1-4-9-20(3,29-30(26,27)16-7-5-15(21)6-8-16)17-12-18(24-19(22)23-17)25-10-11-28-13-14(25)2/h5-8,12,14H,4,9-11,13H2,1-3H3/t14-,20?/m0/s1. The van der Waals surface area contributed by atoms with Crippen molar-refractivity contribution in [3.63, 3.8) is 0 Å². The van der Waals surface area contributed by atoms with Crippen LogP contribution in [-0.2, 0) is 24.6 Å². The van der Waals surface area contributed by atoms with Gasteiger partial charge in [0, 0.05) is 17.6 Å². The van der Waals surface area contributed by atoms with Crippen LogP contribution in [0.4, 0.5) is 5.82 Å². The van der Waals surface area contributed by atoms with Gasteiger partial charge >= 0.3 is 0 Å². The van der Waals surface area contributed by atoms with Gasteiger partial charge in [0.2, 0.25) is 5.28 Å². The molecule has 1 aromatic heterocycles. The Kier molecular flexibility index (Phi) is 7.24. The second-order valence-corrected chi connectivity index (χ2v) is 9.79. The molecule has 0 saturated carbocycles. The molecule has 2 heterocycles. The fourth-order valence-corrected chi connectivity index (χ4v) is 4.99. The maximum atomic E-state index is 13.0. The Morgan fingerprint density at radius 2 is 1.97 bits per heavy atom. The molecule has 30 heavy (non-hydrogen) atoms. The zero-order valence-corrected chi connectivity index (χ0v) is 19.5. The van der Waals surface area contributed by atoms with Gasteiger partial charge in [0.15, 0.2) is 0 Å². The van der Waals surface area contributed by atoms with E-state index in [1.807, 2.05) is 13.8 Å². The second-order valence-electron chi connectivity index (χ2n) is 7.47. The predicted molar refractivity (Wildman–Crippen MR) is 117 cm³/mol. The van der Waals surface area contributed by atoms with E-state index in [1.54, 1.807) is 13.0 Å². The summed E-state index contributed by atoms with van der Waals surface area (Å²) in [7, 11) is -4.06. The van der Waals surface area contributed by atoms with Crippen molar-refractivity contribution in [1.82, 2.24) is 9.97 Å². The summed E-state index contributed by atoms with van der Waals surface area (Å²) in [4.78, 5) is 10.8. The molecule has 7 nitrogen and oxygen atoms in total. The first-order valence-electron chi connectivity index (χ1n) is 9.75. The summed E-state index contributed by atoms with van der Waals surface area (Å²) in [6.07, 6.45) is 1.10. The predicted octanol–water partition coefficient (Wildman–Crippen LogP) is 4.43. The molecule has 0 bridgehead atoms. The Balaban J connectivity index is 1.99. The van der Waals surface area contributed by atoms with E-state index in [2.05, 4.69) is 14.9 Å². The lowest BCUT2D eigenvalue weighted by Crippen LogP contribution is -2.44. The average Bonchev–Trinajstić information content (AvgIpc) is 2.68. The van der Waals surface area contributed by atoms with Crippen molar-refractivity contribution in [1.29, 1.82) is 0 Å². The minimum Gasteiger partial charge on any atom is -0.377 e. The Morgan fingerprint density at radius 1 is 1.27 bits per heavy atom. The molecule has 3 rings (SSSR count). The van der Waals surface area contributed by atoms with Crippen LogP contribution in [-0.4, -0.2) is 44.2 Å². The number of ether oxygens (including phenoxy) is 1. The van der Waals surface area contributed by atoms with Gasteiger partial charge in [-0.3, -0.25) is 4.18 Å². The molecule has 0 spiro atoms. The maximum absolute atomic E-state index is 13.0. The highest BCUT2D eigenvalue weighted by Gasteiger charge is 2.36. The van der Waals surface area contributed by atoms with E-state index in [4.69, 9.17) is 32.1 Å². The van der Waals surface area contributed by atoms with Crippen LogP contribution in [0.2, 0.25) is 10.3 Å². The van der Waals surface area contributed by atoms with Gasteiger partial charge in [-0.1, -0.05) is 24.9 Å². The summed E-state index contributed by atoms with van der Waals surface area (Å²) in [5.41, 5.74) is -0.806. The van der Waals surface area contributed by atoms with E-state index in [9.17, 15) is 8.42 Å². The molecule has 0 radical (unpaired) electrons. The van der Waals surface area contributed by atoms with E-state index in [1.165, 1.54) is 24.3 Å². The van der Waals surface area contributed by atoms with Crippen molar-refractivity contribution < 1.29 is 17.3 Å². The highest BCUT2D eigenvalue weighted by atomic mass is 35.5. The fourth-order valence-electron chi connectivity index (χ4n) is 3.47. The second kappa shape index (κ2) is 9.36. The lowest BCUT2D eigenvalue weighted by Gasteiger charge is -2.35. The number of hydrogen-bond donors (Lipinski definition) is 0. The molecular weight excluding hydrogens is 449 g/mol. The highest BCUT2D eigenvalue weighted by molar-refractivity contribution is 7.86. The highest BCUT2D eigenvalue weighted by Crippen LogP contribution is 2.35. The van der Waals surface area contributed by atoms with Crippen LogP contribution in [0.5, 0.6) is 0 Å². The van der Waals surface area contributed by atoms with Crippen molar-refractivity contribution >= 4 is 39.1 Å². The molecule has 1 unspecified atom stereocenters. The van der Waals surface area contributed by atoms with Crippen molar-refractivity contribution in [3.05, 3.63) is 46.3 Å². The third-order valence-corrected chi connectivity index (χ3v) is 6.87. The molecule has 1 aliphatic rings. The Bertz CT molecular complexity index is 988. The van der Waals surface area contributed by atoms with Gasteiger partial charge in [-0.25, -0.2) is 9.97 Å². The van der Waals surface area contributed by atoms with Gasteiger partial charge in [0.1, 0.15) is 11.4 Å². The molecule has 2 aromatic rings. The summed E-state index contributed by atoms with van der Waals surface area (Å²) in [6, 6.07) is 7.70. The Morgan fingerprint density at radius 3 is 2.60 bits per heavy atom. The van der Waals surface area contributed by atoms with Gasteiger partial charge in [0.25, 0.3) is 10.1 Å². The first-order valence-corrected chi connectivity index (χ1v) is 11.9. The van der Waals surface area contributed by atoms with Gasteiger partial charge < -0.3 is 9.64 Å². The monoisotopic (exact) mass is 473 g/mol. The molecule has 164 valence electrons. The van der Waals surface area contributed by atoms with Crippen LogP contribution in [0, 0.1) is 0 Å². The molecule has 1 aliphatic heterocycles. The summed E-state index contributed by atoms with van der Waals surface area (Å²) in [5.74, 6) is 0.621. The van der Waals surface area contributed by atoms with E-state index >= 15 is 0 Å². The van der Waals surface area contributed by atoms with Crippen molar-refractivity contribution in [3.8, 4) is 0 Å². The van der Waals surface area contributed by atoms with Crippen molar-refractivity contribution in [2.75, 3.05) is 24.7 Å². The van der Waals surface area contributed by atoms with Crippen molar-refractivity contribution in [2.24, 2.45) is 0 Å². The third-order valence-electron chi connectivity index (χ3n) is 5.01. The lowest BCUT2D eigenvalue weighted by molar-refractivity contribution is 0.0792. The molecule has 2 atom stereocenters. The number of rotatable bonds is 7. The van der Waals surface area contributed by atoms with Gasteiger partial charge in [-0.2, -0.15) is 8.42 Å². The summed E-state index contributed by atoms with van der Waals surface area (Å²) >= 11 is 12.1. The van der Waals surface area contributed by atoms with Crippen LogP contribution < -0.4 is 4.90 Å². The van der Waals surface area contributed by atoms with Crippen molar-refractivity contribution in [2.45, 2.75) is 50.2 Å². The topological polar surface area (TPSA) is 81.6 Å². The van der Waals surface area contributed by atoms with Gasteiger partial charge in [-0.15, -0.1) is 0 Å². The molecule has 10 heteroatoms. The first-order chi connectivity index (χ1) is 14.1. The quantitative estimate of drug-likeness (QED) is 0.434. The number of aromatic nitrogens is 2. The molecule has 0 N–H and O–H groups in total. The third kappa shape index (κ3) is 5.23. The van der Waals surface area contributed by atoms with E-state index in [0.29, 0.717) is 49.1 Å². The number of hydrogen-bond acceptors (Lipinski definition) is 7. The first kappa shape index (κ1) is 23.2. The maximum Gasteiger partial charge on any atom is 0.297 e. The Labute approximate surface area is 187 Å². The molecule has 0 aliphatic carbocycles. The Hall–Kier alpha value is -1.45. The molecule has 0 amide bonds. The largest absolute Gasteiger partial charge is 0.377 e. The van der Waals surface area contributed by atoms with Gasteiger partial charge in [0.05, 0.1) is 29.8 Å². The molecule has 1 fully saturated rings. The van der Waals surface area contributed by atoms with Crippen LogP contribution in [0.15, 0.2) is 35.2 Å². The van der Waals surface area contributed by atoms with Crippen LogP contribution in [0.25, 0.3) is 0 Å². The van der Waals surface area contributed by atoms with E-state index in [0.717, 1.165) is 0 Å². The summed E-state index contributed by atoms with van der Waals surface area (Å²) in [6.45, 7) is 7.49. The zero-order valence-electron chi connectivity index (χ0n) is 17.1. The van der Waals surface area contributed by atoms with Crippen LogP contribution in [0.1, 0.15) is 39.3 Å². The van der Waals surface area contributed by atoms with Gasteiger partial charge in [-0.05, 0) is 56.1 Å². The number of anilines is 1. The summed E-state index contributed by atoms with van der Waals surface area (Å²) < 4.78 is 37.2. The number of nitrogens with zero attached hydrogens (tertiary/aromatic N) is 3. The van der Waals surface area contributed by atoms with E-state index in [-0.39, 0.29) is 16.2 Å². The van der Waals surface area contributed by atoms with Crippen LogP contribution in [0.3, 0.4) is 0 Å². The minimum atomic E-state index is -4.06. The lowest BCUT2D eigenvalue weighted by atomic mass is 9.96. The number of halogens is 2. The van der Waals surface area contributed by atoms with E-state index < -0.39 is 15.7 Å². The SMILES string of the molecule is CCCC(C)(OS(=O)(=O)c1ccc(Cl)cc1)c1cc(N2CCOC[C@@H]2C)nc(Cl)n1. The molecular formula is C20H25Cl2N3O4S. The smallest absolute Gasteiger partial charge is 0.297 e. The normalized spacial score (nSPS) is 19.5.